The van der Waals surface area contributed by atoms with Crippen molar-refractivity contribution < 1.29 is 0 Å². The Labute approximate surface area is 85.0 Å². The van der Waals surface area contributed by atoms with Crippen LogP contribution in [-0.2, 0) is 5.41 Å². The largest absolute Gasteiger partial charge is 0.316 e. The van der Waals surface area contributed by atoms with Gasteiger partial charge in [0.15, 0.2) is 0 Å². The summed E-state index contributed by atoms with van der Waals surface area (Å²) in [7, 11) is 0. The van der Waals surface area contributed by atoms with E-state index in [1.165, 1.54) is 18.5 Å². The molecule has 0 radical (unpaired) electrons. The predicted octanol–water partition coefficient (Wildman–Crippen LogP) is 1.43. The van der Waals surface area contributed by atoms with Crippen LogP contribution in [0.4, 0.5) is 0 Å². The lowest BCUT2D eigenvalue weighted by Gasteiger charge is -2.33. The molecule has 1 fully saturated rings. The van der Waals surface area contributed by atoms with Gasteiger partial charge in [-0.05, 0) is 32.4 Å². The van der Waals surface area contributed by atoms with E-state index >= 15 is 0 Å². The Hall–Kier alpha value is -0.960. The predicted molar refractivity (Wildman–Crippen MR) is 56.2 cm³/mol. The average molecular weight is 191 g/mol. The molecule has 3 heteroatoms. The summed E-state index contributed by atoms with van der Waals surface area (Å²) in [5.74, 6) is 0.870. The van der Waals surface area contributed by atoms with Gasteiger partial charge < -0.3 is 5.32 Å². The fourth-order valence-corrected chi connectivity index (χ4v) is 2.07. The summed E-state index contributed by atoms with van der Waals surface area (Å²) < 4.78 is 0. The Morgan fingerprint density at radius 1 is 1.50 bits per heavy atom. The van der Waals surface area contributed by atoms with E-state index in [1.807, 2.05) is 19.2 Å². The number of hydrogen-bond acceptors (Lipinski definition) is 3. The minimum Gasteiger partial charge on any atom is -0.316 e. The van der Waals surface area contributed by atoms with E-state index < -0.39 is 0 Å². The molecular weight excluding hydrogens is 174 g/mol. The second kappa shape index (κ2) is 3.65. The molecule has 3 nitrogen and oxygen atoms in total. The summed E-state index contributed by atoms with van der Waals surface area (Å²) in [6.45, 7) is 6.40. The first-order valence-corrected chi connectivity index (χ1v) is 5.22. The van der Waals surface area contributed by atoms with Gasteiger partial charge in [-0.15, -0.1) is 0 Å². The SMILES string of the molecule is Cc1nccc([C@@]2(C)CCCNC2)n1. The molecule has 76 valence electrons. The average Bonchev–Trinajstić information content (AvgIpc) is 2.19. The van der Waals surface area contributed by atoms with E-state index in [9.17, 15) is 0 Å². The lowest BCUT2D eigenvalue weighted by atomic mass is 9.79. The molecular formula is C11H17N3. The van der Waals surface area contributed by atoms with Crippen molar-refractivity contribution in [2.45, 2.75) is 32.1 Å². The molecule has 2 heterocycles. The highest BCUT2D eigenvalue weighted by atomic mass is 14.9. The topological polar surface area (TPSA) is 37.8 Å². The van der Waals surface area contributed by atoms with Crippen molar-refractivity contribution in [2.75, 3.05) is 13.1 Å². The van der Waals surface area contributed by atoms with Gasteiger partial charge in [0, 0.05) is 18.2 Å². The van der Waals surface area contributed by atoms with Crippen LogP contribution in [0.5, 0.6) is 0 Å². The maximum absolute atomic E-state index is 4.52. The number of nitrogens with one attached hydrogen (secondary N) is 1. The van der Waals surface area contributed by atoms with E-state index in [1.54, 1.807) is 0 Å². The molecule has 1 aliphatic rings. The van der Waals surface area contributed by atoms with Crippen LogP contribution in [0.25, 0.3) is 0 Å². The van der Waals surface area contributed by atoms with Gasteiger partial charge in [0.2, 0.25) is 0 Å². The first-order valence-electron chi connectivity index (χ1n) is 5.22. The maximum Gasteiger partial charge on any atom is 0.125 e. The first kappa shape index (κ1) is 9.59. The monoisotopic (exact) mass is 191 g/mol. The van der Waals surface area contributed by atoms with Crippen LogP contribution in [-0.4, -0.2) is 23.1 Å². The summed E-state index contributed by atoms with van der Waals surface area (Å²) in [4.78, 5) is 8.65. The van der Waals surface area contributed by atoms with Crippen LogP contribution >= 0.6 is 0 Å². The Morgan fingerprint density at radius 2 is 2.36 bits per heavy atom. The fourth-order valence-electron chi connectivity index (χ4n) is 2.07. The molecule has 2 rings (SSSR count). The van der Waals surface area contributed by atoms with Gasteiger partial charge in [-0.25, -0.2) is 9.97 Å². The minimum atomic E-state index is 0.200. The molecule has 0 unspecified atom stereocenters. The summed E-state index contributed by atoms with van der Waals surface area (Å²) in [5.41, 5.74) is 1.38. The van der Waals surface area contributed by atoms with Gasteiger partial charge >= 0.3 is 0 Å². The van der Waals surface area contributed by atoms with Crippen molar-refractivity contribution in [3.8, 4) is 0 Å². The van der Waals surface area contributed by atoms with E-state index in [0.717, 1.165) is 18.9 Å². The van der Waals surface area contributed by atoms with Crippen LogP contribution in [0.3, 0.4) is 0 Å². The number of nitrogens with zero attached hydrogens (tertiary/aromatic N) is 2. The summed E-state index contributed by atoms with van der Waals surface area (Å²) in [6.07, 6.45) is 4.31. The summed E-state index contributed by atoms with van der Waals surface area (Å²) in [6, 6.07) is 2.04. The number of rotatable bonds is 1. The smallest absolute Gasteiger partial charge is 0.125 e. The second-order valence-corrected chi connectivity index (χ2v) is 4.33. The van der Waals surface area contributed by atoms with Gasteiger partial charge in [-0.2, -0.15) is 0 Å². The first-order chi connectivity index (χ1) is 6.71. The van der Waals surface area contributed by atoms with Crippen LogP contribution in [0.2, 0.25) is 0 Å². The number of aromatic nitrogens is 2. The van der Waals surface area contributed by atoms with Gasteiger partial charge in [0.25, 0.3) is 0 Å². The lowest BCUT2D eigenvalue weighted by molar-refractivity contribution is 0.331. The Kier molecular flexibility index (Phi) is 2.50. The summed E-state index contributed by atoms with van der Waals surface area (Å²) >= 11 is 0. The highest BCUT2D eigenvalue weighted by Gasteiger charge is 2.29. The second-order valence-electron chi connectivity index (χ2n) is 4.33. The Morgan fingerprint density at radius 3 is 3.00 bits per heavy atom. The van der Waals surface area contributed by atoms with Crippen molar-refractivity contribution in [3.63, 3.8) is 0 Å². The van der Waals surface area contributed by atoms with Crippen LogP contribution in [0, 0.1) is 6.92 Å². The highest BCUT2D eigenvalue weighted by molar-refractivity contribution is 5.16. The normalized spacial score (nSPS) is 27.6. The van der Waals surface area contributed by atoms with Crippen molar-refractivity contribution >= 4 is 0 Å². The third-order valence-corrected chi connectivity index (χ3v) is 2.99. The molecule has 0 spiro atoms. The molecule has 0 bridgehead atoms. The molecule has 0 saturated carbocycles. The van der Waals surface area contributed by atoms with Gasteiger partial charge in [0.05, 0.1) is 5.69 Å². The van der Waals surface area contributed by atoms with Crippen LogP contribution in [0.1, 0.15) is 31.3 Å². The quantitative estimate of drug-likeness (QED) is 0.729. The molecule has 0 aliphatic carbocycles. The number of piperidine rings is 1. The summed E-state index contributed by atoms with van der Waals surface area (Å²) in [5, 5.41) is 3.43. The van der Waals surface area contributed by atoms with E-state index in [0.29, 0.717) is 0 Å². The highest BCUT2D eigenvalue weighted by Crippen LogP contribution is 2.28. The van der Waals surface area contributed by atoms with Gasteiger partial charge in [-0.1, -0.05) is 6.92 Å². The number of hydrogen-bond donors (Lipinski definition) is 1. The van der Waals surface area contributed by atoms with E-state index in [2.05, 4.69) is 22.2 Å². The molecule has 0 aromatic carbocycles. The molecule has 1 aromatic heterocycles. The van der Waals surface area contributed by atoms with Crippen molar-refractivity contribution in [1.82, 2.24) is 15.3 Å². The Bertz CT molecular complexity index is 316. The van der Waals surface area contributed by atoms with Crippen LogP contribution in [0.15, 0.2) is 12.3 Å². The van der Waals surface area contributed by atoms with Crippen molar-refractivity contribution in [1.29, 1.82) is 0 Å². The van der Waals surface area contributed by atoms with E-state index in [4.69, 9.17) is 0 Å². The zero-order valence-electron chi connectivity index (χ0n) is 8.88. The van der Waals surface area contributed by atoms with Crippen LogP contribution < -0.4 is 5.32 Å². The van der Waals surface area contributed by atoms with E-state index in [-0.39, 0.29) is 5.41 Å². The fraction of sp³-hybridized carbons (Fsp3) is 0.636. The molecule has 1 aliphatic heterocycles. The van der Waals surface area contributed by atoms with Gasteiger partial charge in [-0.3, -0.25) is 0 Å². The van der Waals surface area contributed by atoms with Crippen molar-refractivity contribution in [2.24, 2.45) is 0 Å². The third kappa shape index (κ3) is 1.77. The zero-order chi connectivity index (χ0) is 10.0. The maximum atomic E-state index is 4.52. The molecule has 1 atom stereocenters. The standard InChI is InChI=1S/C11H17N3/c1-9-13-7-4-10(14-9)11(2)5-3-6-12-8-11/h4,7,12H,3,5-6,8H2,1-2H3/t11-/m0/s1. The van der Waals surface area contributed by atoms with Crippen molar-refractivity contribution in [3.05, 3.63) is 23.8 Å². The molecule has 1 saturated heterocycles. The molecule has 1 aromatic rings. The lowest BCUT2D eigenvalue weighted by Crippen LogP contribution is -2.41. The molecule has 1 N–H and O–H groups in total. The zero-order valence-corrected chi connectivity index (χ0v) is 8.88. The number of aryl methyl sites for hydroxylation is 1. The Balaban J connectivity index is 2.28. The minimum absolute atomic E-state index is 0.200. The molecule has 0 amide bonds. The molecule has 14 heavy (non-hydrogen) atoms. The third-order valence-electron chi connectivity index (χ3n) is 2.99. The van der Waals surface area contributed by atoms with Gasteiger partial charge in [0.1, 0.15) is 5.82 Å².